The number of aliphatic hydroxyl groups is 1. The Bertz CT molecular complexity index is 325. The van der Waals surface area contributed by atoms with Gasteiger partial charge in [-0.1, -0.05) is 37.6 Å². The third-order valence-corrected chi connectivity index (χ3v) is 2.85. The second kappa shape index (κ2) is 6.24. The lowest BCUT2D eigenvalue weighted by molar-refractivity contribution is 0.207. The number of benzene rings is 1. The number of halogens is 1. The Morgan fingerprint density at radius 3 is 2.75 bits per heavy atom. The van der Waals surface area contributed by atoms with Gasteiger partial charge in [0.25, 0.3) is 0 Å². The number of nitrogens with one attached hydrogen (secondary N) is 1. The average Bonchev–Trinajstić information content (AvgIpc) is 2.17. The molecule has 0 atom stereocenters. The Hall–Kier alpha value is -0.570. The molecular formula is C13H20ClNO. The third-order valence-electron chi connectivity index (χ3n) is 2.61. The number of aliphatic hydroxyl groups excluding tert-OH is 1. The molecule has 0 fully saturated rings. The fourth-order valence-corrected chi connectivity index (χ4v) is 1.80. The molecule has 1 aromatic rings. The van der Waals surface area contributed by atoms with Crippen molar-refractivity contribution in [2.75, 3.05) is 13.2 Å². The van der Waals surface area contributed by atoms with Gasteiger partial charge in [-0.2, -0.15) is 0 Å². The molecule has 0 amide bonds. The van der Waals surface area contributed by atoms with Crippen molar-refractivity contribution in [1.29, 1.82) is 0 Å². The minimum atomic E-state index is 0.132. The van der Waals surface area contributed by atoms with Gasteiger partial charge in [0.05, 0.1) is 0 Å². The molecule has 90 valence electrons. The van der Waals surface area contributed by atoms with Crippen LogP contribution in [-0.2, 0) is 6.54 Å². The summed E-state index contributed by atoms with van der Waals surface area (Å²) in [5.41, 5.74) is 1.32. The Morgan fingerprint density at radius 2 is 2.12 bits per heavy atom. The average molecular weight is 242 g/mol. The SMILES string of the molecule is CC(C)(CCO)CNCc1cccc(Cl)c1. The van der Waals surface area contributed by atoms with Crippen LogP contribution in [0.1, 0.15) is 25.8 Å². The molecule has 0 radical (unpaired) electrons. The van der Waals surface area contributed by atoms with E-state index in [9.17, 15) is 0 Å². The van der Waals surface area contributed by atoms with E-state index in [0.717, 1.165) is 24.5 Å². The molecule has 0 aliphatic heterocycles. The van der Waals surface area contributed by atoms with E-state index < -0.39 is 0 Å². The maximum absolute atomic E-state index is 8.91. The Morgan fingerprint density at radius 1 is 1.38 bits per heavy atom. The number of hydrogen-bond donors (Lipinski definition) is 2. The lowest BCUT2D eigenvalue weighted by Crippen LogP contribution is -2.29. The zero-order chi connectivity index (χ0) is 12.0. The summed E-state index contributed by atoms with van der Waals surface area (Å²) in [4.78, 5) is 0. The smallest absolute Gasteiger partial charge is 0.0436 e. The van der Waals surface area contributed by atoms with E-state index in [1.807, 2.05) is 18.2 Å². The highest BCUT2D eigenvalue weighted by Gasteiger charge is 2.15. The van der Waals surface area contributed by atoms with Crippen LogP contribution in [0.4, 0.5) is 0 Å². The van der Waals surface area contributed by atoms with Crippen LogP contribution in [0.2, 0.25) is 5.02 Å². The van der Waals surface area contributed by atoms with Crippen LogP contribution in [0.3, 0.4) is 0 Å². The highest BCUT2D eigenvalue weighted by molar-refractivity contribution is 6.30. The molecule has 1 rings (SSSR count). The first-order valence-electron chi connectivity index (χ1n) is 5.59. The molecule has 1 aromatic carbocycles. The second-order valence-electron chi connectivity index (χ2n) is 4.87. The fourth-order valence-electron chi connectivity index (χ4n) is 1.58. The zero-order valence-corrected chi connectivity index (χ0v) is 10.7. The van der Waals surface area contributed by atoms with Gasteiger partial charge in [-0.05, 0) is 29.5 Å². The molecule has 0 bridgehead atoms. The summed E-state index contributed by atoms with van der Waals surface area (Å²) < 4.78 is 0. The number of hydrogen-bond acceptors (Lipinski definition) is 2. The summed E-state index contributed by atoms with van der Waals surface area (Å²) in [5, 5.41) is 13.1. The van der Waals surface area contributed by atoms with E-state index >= 15 is 0 Å². The molecule has 0 aliphatic carbocycles. The highest BCUT2D eigenvalue weighted by Crippen LogP contribution is 2.18. The maximum atomic E-state index is 8.91. The van der Waals surface area contributed by atoms with E-state index in [1.165, 1.54) is 5.56 Å². The molecule has 2 nitrogen and oxygen atoms in total. The zero-order valence-electron chi connectivity index (χ0n) is 9.96. The van der Waals surface area contributed by atoms with Crippen molar-refractivity contribution in [3.8, 4) is 0 Å². The summed E-state index contributed by atoms with van der Waals surface area (Å²) in [6.07, 6.45) is 0.815. The number of rotatable bonds is 6. The second-order valence-corrected chi connectivity index (χ2v) is 5.31. The first-order chi connectivity index (χ1) is 7.53. The lowest BCUT2D eigenvalue weighted by Gasteiger charge is -2.24. The molecule has 3 heteroatoms. The first-order valence-corrected chi connectivity index (χ1v) is 5.97. The normalized spacial score (nSPS) is 11.8. The predicted octanol–water partition coefficient (Wildman–Crippen LogP) is 2.84. The monoisotopic (exact) mass is 241 g/mol. The summed E-state index contributed by atoms with van der Waals surface area (Å²) in [7, 11) is 0. The Labute approximate surface area is 103 Å². The fraction of sp³-hybridized carbons (Fsp3) is 0.538. The molecule has 2 N–H and O–H groups in total. The van der Waals surface area contributed by atoms with Crippen molar-refractivity contribution < 1.29 is 5.11 Å². The van der Waals surface area contributed by atoms with Gasteiger partial charge in [0.1, 0.15) is 0 Å². The van der Waals surface area contributed by atoms with Crippen LogP contribution in [0.25, 0.3) is 0 Å². The van der Waals surface area contributed by atoms with Crippen LogP contribution >= 0.6 is 11.6 Å². The largest absolute Gasteiger partial charge is 0.396 e. The molecule has 0 aromatic heterocycles. The minimum Gasteiger partial charge on any atom is -0.396 e. The van der Waals surface area contributed by atoms with Gasteiger partial charge in [-0.25, -0.2) is 0 Å². The van der Waals surface area contributed by atoms with Crippen molar-refractivity contribution >= 4 is 11.6 Å². The van der Waals surface area contributed by atoms with Gasteiger partial charge in [-0.15, -0.1) is 0 Å². The first kappa shape index (κ1) is 13.5. The lowest BCUT2D eigenvalue weighted by atomic mass is 9.90. The van der Waals surface area contributed by atoms with Gasteiger partial charge < -0.3 is 10.4 Å². The van der Waals surface area contributed by atoms with Gasteiger partial charge in [0.15, 0.2) is 0 Å². The van der Waals surface area contributed by atoms with Crippen LogP contribution in [0.5, 0.6) is 0 Å². The molecule has 0 spiro atoms. The van der Waals surface area contributed by atoms with Gasteiger partial charge in [0, 0.05) is 24.7 Å². The van der Waals surface area contributed by atoms with E-state index in [1.54, 1.807) is 0 Å². The van der Waals surface area contributed by atoms with Gasteiger partial charge in [-0.3, -0.25) is 0 Å². The van der Waals surface area contributed by atoms with Gasteiger partial charge in [0.2, 0.25) is 0 Å². The summed E-state index contributed by atoms with van der Waals surface area (Å²) >= 11 is 5.90. The van der Waals surface area contributed by atoms with E-state index in [0.29, 0.717) is 0 Å². The Kier molecular flexibility index (Phi) is 5.26. The molecule has 16 heavy (non-hydrogen) atoms. The van der Waals surface area contributed by atoms with Crippen molar-refractivity contribution in [2.24, 2.45) is 5.41 Å². The summed E-state index contributed by atoms with van der Waals surface area (Å²) in [6, 6.07) is 7.85. The highest BCUT2D eigenvalue weighted by atomic mass is 35.5. The van der Waals surface area contributed by atoms with Crippen molar-refractivity contribution in [1.82, 2.24) is 5.32 Å². The van der Waals surface area contributed by atoms with Crippen LogP contribution in [-0.4, -0.2) is 18.3 Å². The molecule has 0 aliphatic rings. The van der Waals surface area contributed by atoms with Crippen molar-refractivity contribution in [2.45, 2.75) is 26.8 Å². The quantitative estimate of drug-likeness (QED) is 0.803. The summed E-state index contributed by atoms with van der Waals surface area (Å²) in [6.45, 7) is 6.24. The molecule has 0 heterocycles. The molecular weight excluding hydrogens is 222 g/mol. The topological polar surface area (TPSA) is 32.3 Å². The van der Waals surface area contributed by atoms with Gasteiger partial charge >= 0.3 is 0 Å². The van der Waals surface area contributed by atoms with Crippen LogP contribution in [0, 0.1) is 5.41 Å². The third kappa shape index (κ3) is 4.97. The molecule has 0 saturated carbocycles. The Balaban J connectivity index is 2.35. The summed E-state index contributed by atoms with van der Waals surface area (Å²) in [5.74, 6) is 0. The van der Waals surface area contributed by atoms with E-state index in [-0.39, 0.29) is 12.0 Å². The molecule has 0 unspecified atom stereocenters. The minimum absolute atomic E-state index is 0.132. The van der Waals surface area contributed by atoms with Crippen LogP contribution in [0.15, 0.2) is 24.3 Å². The van der Waals surface area contributed by atoms with Crippen molar-refractivity contribution in [3.05, 3.63) is 34.9 Å². The van der Waals surface area contributed by atoms with Crippen LogP contribution < -0.4 is 5.32 Å². The molecule has 0 saturated heterocycles. The standard InChI is InChI=1S/C13H20ClNO/c1-13(2,6-7-16)10-15-9-11-4-3-5-12(14)8-11/h3-5,8,15-16H,6-7,9-10H2,1-2H3. The maximum Gasteiger partial charge on any atom is 0.0436 e. The van der Waals surface area contributed by atoms with E-state index in [2.05, 4.69) is 25.2 Å². The van der Waals surface area contributed by atoms with E-state index in [4.69, 9.17) is 16.7 Å². The van der Waals surface area contributed by atoms with Crippen molar-refractivity contribution in [3.63, 3.8) is 0 Å². The predicted molar refractivity (Wildman–Crippen MR) is 68.6 cm³/mol.